The summed E-state index contributed by atoms with van der Waals surface area (Å²) in [4.78, 5) is 33.6. The molecule has 2 aliphatic heterocycles. The minimum Gasteiger partial charge on any atom is -0.487 e. The van der Waals surface area contributed by atoms with Crippen molar-refractivity contribution >= 4 is 11.9 Å². The van der Waals surface area contributed by atoms with Crippen LogP contribution in [0.2, 0.25) is 0 Å². The topological polar surface area (TPSA) is 74.8 Å². The first-order valence-electron chi connectivity index (χ1n) is 10.1. The second-order valence-electron chi connectivity index (χ2n) is 7.51. The molecule has 152 valence electrons. The lowest BCUT2D eigenvalue weighted by atomic mass is 10.1. The fourth-order valence-corrected chi connectivity index (χ4v) is 3.97. The van der Waals surface area contributed by atoms with Gasteiger partial charge in [-0.15, -0.1) is 0 Å². The van der Waals surface area contributed by atoms with Gasteiger partial charge in [0.25, 0.3) is 0 Å². The van der Waals surface area contributed by atoms with Gasteiger partial charge in [0.2, 0.25) is 5.91 Å². The van der Waals surface area contributed by atoms with Crippen LogP contribution < -0.4 is 10.1 Å². The fraction of sp³-hybridized carbons (Fsp3) is 0.409. The van der Waals surface area contributed by atoms with Gasteiger partial charge in [0.15, 0.2) is 0 Å². The van der Waals surface area contributed by atoms with E-state index in [2.05, 4.69) is 10.3 Å². The Morgan fingerprint density at radius 2 is 1.90 bits per heavy atom. The largest absolute Gasteiger partial charge is 0.487 e. The van der Waals surface area contributed by atoms with Crippen molar-refractivity contribution in [3.8, 4) is 5.75 Å². The lowest BCUT2D eigenvalue weighted by Crippen LogP contribution is -2.50. The molecule has 29 heavy (non-hydrogen) atoms. The molecule has 2 saturated heterocycles. The molecule has 0 spiro atoms. The highest BCUT2D eigenvalue weighted by Crippen LogP contribution is 2.25. The minimum absolute atomic E-state index is 0.0228. The van der Waals surface area contributed by atoms with E-state index in [0.29, 0.717) is 25.3 Å². The number of carbonyl (C=O) groups excluding carboxylic acids is 2. The van der Waals surface area contributed by atoms with Gasteiger partial charge in [0, 0.05) is 32.3 Å². The summed E-state index contributed by atoms with van der Waals surface area (Å²) in [5, 5.41) is 2.95. The Hall–Kier alpha value is -3.09. The summed E-state index contributed by atoms with van der Waals surface area (Å²) in [5.74, 6) is 0.672. The second-order valence-corrected chi connectivity index (χ2v) is 7.51. The van der Waals surface area contributed by atoms with Gasteiger partial charge in [-0.3, -0.25) is 9.78 Å². The van der Waals surface area contributed by atoms with Gasteiger partial charge in [0.05, 0.1) is 12.7 Å². The van der Waals surface area contributed by atoms with Crippen LogP contribution in [0, 0.1) is 0 Å². The standard InChI is InChI=1S/C22H26N4O3/c27-21(25-11-4-5-12-25)20-13-19(29-18-9-6-10-23-15-18)16-26(20)22(28)24-14-17-7-2-1-3-8-17/h1-3,6-10,15,19-20H,4-5,11-14,16H2,(H,24,28)/t19-,20-/m0/s1. The zero-order chi connectivity index (χ0) is 20.1. The zero-order valence-electron chi connectivity index (χ0n) is 16.4. The summed E-state index contributed by atoms with van der Waals surface area (Å²) < 4.78 is 6.01. The molecule has 7 heteroatoms. The van der Waals surface area contributed by atoms with Gasteiger partial charge in [-0.1, -0.05) is 30.3 Å². The lowest BCUT2D eigenvalue weighted by Gasteiger charge is -2.27. The van der Waals surface area contributed by atoms with E-state index >= 15 is 0 Å². The number of aromatic nitrogens is 1. The van der Waals surface area contributed by atoms with Gasteiger partial charge in [-0.25, -0.2) is 4.79 Å². The third-order valence-electron chi connectivity index (χ3n) is 5.45. The quantitative estimate of drug-likeness (QED) is 0.845. The number of nitrogens with one attached hydrogen (secondary N) is 1. The van der Waals surface area contributed by atoms with Crippen LogP contribution in [-0.2, 0) is 11.3 Å². The van der Waals surface area contributed by atoms with E-state index in [1.54, 1.807) is 17.3 Å². The Morgan fingerprint density at radius 3 is 2.62 bits per heavy atom. The summed E-state index contributed by atoms with van der Waals surface area (Å²) in [7, 11) is 0. The highest BCUT2D eigenvalue weighted by molar-refractivity contribution is 5.88. The molecule has 1 N–H and O–H groups in total. The first-order valence-corrected chi connectivity index (χ1v) is 10.1. The molecule has 2 aromatic rings. The molecule has 1 aromatic carbocycles. The molecule has 7 nitrogen and oxygen atoms in total. The van der Waals surface area contributed by atoms with E-state index in [4.69, 9.17) is 4.74 Å². The molecular formula is C22H26N4O3. The van der Waals surface area contributed by atoms with Crippen molar-refractivity contribution in [2.75, 3.05) is 19.6 Å². The molecule has 0 aliphatic carbocycles. The van der Waals surface area contributed by atoms with Crippen LogP contribution in [0.3, 0.4) is 0 Å². The number of nitrogens with zero attached hydrogens (tertiary/aromatic N) is 3. The van der Waals surface area contributed by atoms with Crippen molar-refractivity contribution in [2.45, 2.75) is 38.0 Å². The van der Waals surface area contributed by atoms with Crippen molar-refractivity contribution in [2.24, 2.45) is 0 Å². The smallest absolute Gasteiger partial charge is 0.318 e. The molecule has 0 unspecified atom stereocenters. The van der Waals surface area contributed by atoms with Crippen molar-refractivity contribution < 1.29 is 14.3 Å². The number of urea groups is 1. The van der Waals surface area contributed by atoms with Crippen LogP contribution in [0.25, 0.3) is 0 Å². The number of rotatable bonds is 5. The molecule has 3 amide bonds. The van der Waals surface area contributed by atoms with Crippen LogP contribution in [0.15, 0.2) is 54.9 Å². The zero-order valence-corrected chi connectivity index (χ0v) is 16.4. The maximum atomic E-state index is 13.1. The number of benzene rings is 1. The summed E-state index contributed by atoms with van der Waals surface area (Å²) in [6.45, 7) is 2.33. The summed E-state index contributed by atoms with van der Waals surface area (Å²) in [6, 6.07) is 12.7. The van der Waals surface area contributed by atoms with E-state index in [1.165, 1.54) is 0 Å². The van der Waals surface area contributed by atoms with Gasteiger partial charge in [0.1, 0.15) is 17.9 Å². The average molecular weight is 394 g/mol. The third-order valence-corrected chi connectivity index (χ3v) is 5.45. The monoisotopic (exact) mass is 394 g/mol. The van der Waals surface area contributed by atoms with Gasteiger partial charge < -0.3 is 19.9 Å². The maximum Gasteiger partial charge on any atom is 0.318 e. The number of hydrogen-bond acceptors (Lipinski definition) is 4. The van der Waals surface area contributed by atoms with Crippen LogP contribution in [0.1, 0.15) is 24.8 Å². The molecular weight excluding hydrogens is 368 g/mol. The van der Waals surface area contributed by atoms with E-state index in [1.807, 2.05) is 47.4 Å². The Morgan fingerprint density at radius 1 is 1.10 bits per heavy atom. The van der Waals surface area contributed by atoms with E-state index in [0.717, 1.165) is 31.5 Å². The molecule has 0 saturated carbocycles. The number of likely N-dealkylation sites (tertiary alicyclic amines) is 2. The fourth-order valence-electron chi connectivity index (χ4n) is 3.97. The SMILES string of the molecule is O=C([C@@H]1C[C@H](Oc2cccnc2)CN1C(=O)NCc1ccccc1)N1CCCC1. The van der Waals surface area contributed by atoms with Crippen LogP contribution in [0.5, 0.6) is 5.75 Å². The molecule has 2 aliphatic rings. The lowest BCUT2D eigenvalue weighted by molar-refractivity contribution is -0.134. The highest BCUT2D eigenvalue weighted by atomic mass is 16.5. The van der Waals surface area contributed by atoms with Crippen LogP contribution >= 0.6 is 0 Å². The molecule has 2 atom stereocenters. The third kappa shape index (κ3) is 4.67. The first kappa shape index (κ1) is 19.2. The Bertz CT molecular complexity index is 824. The molecule has 2 fully saturated rings. The van der Waals surface area contributed by atoms with Crippen LogP contribution in [0.4, 0.5) is 4.79 Å². The van der Waals surface area contributed by atoms with Crippen LogP contribution in [-0.4, -0.2) is 58.5 Å². The predicted molar refractivity (Wildman–Crippen MR) is 108 cm³/mol. The van der Waals surface area contributed by atoms with E-state index in [9.17, 15) is 9.59 Å². The number of pyridine rings is 1. The van der Waals surface area contributed by atoms with E-state index < -0.39 is 6.04 Å². The van der Waals surface area contributed by atoms with Crippen molar-refractivity contribution in [3.05, 3.63) is 60.4 Å². The summed E-state index contributed by atoms with van der Waals surface area (Å²) >= 11 is 0. The second kappa shape index (κ2) is 8.94. The van der Waals surface area contributed by atoms with E-state index in [-0.39, 0.29) is 18.0 Å². The number of hydrogen-bond donors (Lipinski definition) is 1. The number of carbonyl (C=O) groups is 2. The van der Waals surface area contributed by atoms with Gasteiger partial charge in [-0.2, -0.15) is 0 Å². The van der Waals surface area contributed by atoms with Gasteiger partial charge >= 0.3 is 6.03 Å². The van der Waals surface area contributed by atoms with Gasteiger partial charge in [-0.05, 0) is 30.5 Å². The maximum absolute atomic E-state index is 13.1. The number of amides is 3. The Balaban J connectivity index is 1.44. The normalized spacial score (nSPS) is 21.2. The summed E-state index contributed by atoms with van der Waals surface area (Å²) in [6.07, 6.45) is 5.63. The molecule has 0 radical (unpaired) electrons. The summed E-state index contributed by atoms with van der Waals surface area (Å²) in [5.41, 5.74) is 1.02. The average Bonchev–Trinajstić information content (AvgIpc) is 3.43. The number of ether oxygens (including phenoxy) is 1. The minimum atomic E-state index is -0.495. The Labute approximate surface area is 170 Å². The first-order chi connectivity index (χ1) is 14.2. The van der Waals surface area contributed by atoms with Crippen molar-refractivity contribution in [1.82, 2.24) is 20.1 Å². The highest BCUT2D eigenvalue weighted by Gasteiger charge is 2.42. The molecule has 3 heterocycles. The predicted octanol–water partition coefficient (Wildman–Crippen LogP) is 2.44. The Kier molecular flexibility index (Phi) is 5.93. The van der Waals surface area contributed by atoms with Crippen molar-refractivity contribution in [3.63, 3.8) is 0 Å². The molecule has 1 aromatic heterocycles. The van der Waals surface area contributed by atoms with Crippen molar-refractivity contribution in [1.29, 1.82) is 0 Å². The molecule has 0 bridgehead atoms. The molecule has 4 rings (SSSR count).